The number of aromatic hydroxyl groups is 1. The minimum atomic E-state index is 0.0827. The van der Waals surface area contributed by atoms with Crippen molar-refractivity contribution in [3.63, 3.8) is 0 Å². The van der Waals surface area contributed by atoms with Gasteiger partial charge < -0.3 is 9.84 Å². The van der Waals surface area contributed by atoms with Crippen LogP contribution < -0.4 is 4.74 Å². The third-order valence-corrected chi connectivity index (χ3v) is 4.70. The molecule has 1 atom stereocenters. The number of rotatable bonds is 7. The Morgan fingerprint density at radius 2 is 2.25 bits per heavy atom. The van der Waals surface area contributed by atoms with E-state index in [-0.39, 0.29) is 11.7 Å². The Bertz CT molecular complexity index is 667. The fraction of sp³-hybridized carbons (Fsp3) is 0.476. The second kappa shape index (κ2) is 8.59. The number of hydrogen-bond acceptors (Lipinski definition) is 3. The first-order valence-corrected chi connectivity index (χ1v) is 8.86. The first-order chi connectivity index (χ1) is 11.6. The molecular formula is C21H27NO2. The molecule has 0 bridgehead atoms. The lowest BCUT2D eigenvalue weighted by molar-refractivity contribution is 0.431. The van der Waals surface area contributed by atoms with Crippen LogP contribution in [0.15, 0.2) is 30.6 Å². The van der Waals surface area contributed by atoms with E-state index in [1.165, 1.54) is 11.8 Å². The van der Waals surface area contributed by atoms with Crippen LogP contribution in [0.5, 0.6) is 11.5 Å². The zero-order valence-electron chi connectivity index (χ0n) is 14.8. The summed E-state index contributed by atoms with van der Waals surface area (Å²) in [6, 6.07) is 4.12. The highest BCUT2D eigenvalue weighted by Crippen LogP contribution is 2.44. The van der Waals surface area contributed by atoms with Gasteiger partial charge in [0.1, 0.15) is 17.6 Å². The van der Waals surface area contributed by atoms with Crippen molar-refractivity contribution in [1.82, 2.24) is 0 Å². The molecule has 0 spiro atoms. The van der Waals surface area contributed by atoms with E-state index in [2.05, 4.69) is 32.6 Å². The molecule has 0 saturated heterocycles. The molecule has 3 heteroatoms. The van der Waals surface area contributed by atoms with Crippen LogP contribution >= 0.6 is 0 Å². The molecule has 0 saturated carbocycles. The average molecular weight is 325 g/mol. The average Bonchev–Trinajstić information content (AvgIpc) is 2.55. The molecule has 2 rings (SSSR count). The summed E-state index contributed by atoms with van der Waals surface area (Å²) in [5.41, 5.74) is 3.31. The van der Waals surface area contributed by atoms with Gasteiger partial charge in [0.2, 0.25) is 0 Å². The topological polar surface area (TPSA) is 53.2 Å². The number of benzene rings is 1. The van der Waals surface area contributed by atoms with Crippen molar-refractivity contribution in [1.29, 1.82) is 5.26 Å². The largest absolute Gasteiger partial charge is 0.506 e. The fourth-order valence-corrected chi connectivity index (χ4v) is 3.48. The van der Waals surface area contributed by atoms with Crippen LogP contribution in [0.25, 0.3) is 0 Å². The SMILES string of the molecule is C=COc1cc(CCCCC)c(C#N)c(O)c1[C@@H]1C=C(C)CCC1. The number of unbranched alkanes of at least 4 members (excludes halogenated alkanes) is 2. The Balaban J connectivity index is 2.51. The summed E-state index contributed by atoms with van der Waals surface area (Å²) >= 11 is 0. The Morgan fingerprint density at radius 3 is 2.88 bits per heavy atom. The van der Waals surface area contributed by atoms with E-state index in [1.54, 1.807) is 0 Å². The van der Waals surface area contributed by atoms with E-state index in [1.807, 2.05) is 6.07 Å². The zero-order valence-corrected chi connectivity index (χ0v) is 14.8. The van der Waals surface area contributed by atoms with Crippen molar-refractivity contribution in [2.75, 3.05) is 0 Å². The maximum absolute atomic E-state index is 10.8. The fourth-order valence-electron chi connectivity index (χ4n) is 3.48. The number of aryl methyl sites for hydroxylation is 1. The molecule has 1 aromatic rings. The number of phenolic OH excluding ortho intramolecular Hbond substituents is 1. The maximum Gasteiger partial charge on any atom is 0.141 e. The van der Waals surface area contributed by atoms with Crippen LogP contribution in [0, 0.1) is 11.3 Å². The van der Waals surface area contributed by atoms with E-state index in [9.17, 15) is 10.4 Å². The molecule has 128 valence electrons. The van der Waals surface area contributed by atoms with E-state index in [4.69, 9.17) is 4.74 Å². The van der Waals surface area contributed by atoms with Crippen molar-refractivity contribution >= 4 is 0 Å². The van der Waals surface area contributed by atoms with E-state index in [0.717, 1.165) is 56.1 Å². The van der Waals surface area contributed by atoms with Gasteiger partial charge in [-0.05, 0) is 50.7 Å². The number of allylic oxidation sites excluding steroid dienone is 2. The summed E-state index contributed by atoms with van der Waals surface area (Å²) in [6.07, 6.45) is 10.7. The zero-order chi connectivity index (χ0) is 17.5. The minimum absolute atomic E-state index is 0.0827. The van der Waals surface area contributed by atoms with Gasteiger partial charge in [0, 0.05) is 11.5 Å². The summed E-state index contributed by atoms with van der Waals surface area (Å²) in [6.45, 7) is 7.91. The van der Waals surface area contributed by atoms with Gasteiger partial charge in [-0.15, -0.1) is 0 Å². The lowest BCUT2D eigenvalue weighted by Crippen LogP contribution is -2.07. The van der Waals surface area contributed by atoms with Gasteiger partial charge in [-0.2, -0.15) is 5.26 Å². The lowest BCUT2D eigenvalue weighted by atomic mass is 9.83. The summed E-state index contributed by atoms with van der Waals surface area (Å²) in [7, 11) is 0. The molecule has 1 N–H and O–H groups in total. The predicted octanol–water partition coefficient (Wildman–Crippen LogP) is 5.73. The summed E-state index contributed by atoms with van der Waals surface area (Å²) in [5.74, 6) is 0.800. The number of phenols is 1. The number of nitriles is 1. The van der Waals surface area contributed by atoms with Gasteiger partial charge in [-0.3, -0.25) is 0 Å². The third kappa shape index (κ3) is 4.00. The van der Waals surface area contributed by atoms with E-state index in [0.29, 0.717) is 11.3 Å². The Kier molecular flexibility index (Phi) is 6.49. The molecule has 0 heterocycles. The predicted molar refractivity (Wildman–Crippen MR) is 97.2 cm³/mol. The first-order valence-electron chi connectivity index (χ1n) is 8.86. The number of nitrogens with zero attached hydrogens (tertiary/aromatic N) is 1. The summed E-state index contributed by atoms with van der Waals surface area (Å²) in [5, 5.41) is 20.4. The summed E-state index contributed by atoms with van der Waals surface area (Å²) in [4.78, 5) is 0. The molecule has 0 amide bonds. The monoisotopic (exact) mass is 325 g/mol. The highest BCUT2D eigenvalue weighted by atomic mass is 16.5. The quantitative estimate of drug-likeness (QED) is 0.395. The van der Waals surface area contributed by atoms with Crippen LogP contribution in [0.4, 0.5) is 0 Å². The smallest absolute Gasteiger partial charge is 0.141 e. The molecule has 3 nitrogen and oxygen atoms in total. The molecule has 0 aromatic heterocycles. The van der Waals surface area contributed by atoms with Gasteiger partial charge in [-0.25, -0.2) is 0 Å². The molecule has 1 aliphatic rings. The third-order valence-electron chi connectivity index (χ3n) is 4.70. The van der Waals surface area contributed by atoms with Crippen LogP contribution in [0.2, 0.25) is 0 Å². The van der Waals surface area contributed by atoms with Gasteiger partial charge in [0.25, 0.3) is 0 Å². The molecule has 1 aromatic carbocycles. The Morgan fingerprint density at radius 1 is 1.46 bits per heavy atom. The molecule has 0 unspecified atom stereocenters. The van der Waals surface area contributed by atoms with Crippen LogP contribution in [0.3, 0.4) is 0 Å². The van der Waals surface area contributed by atoms with Crippen molar-refractivity contribution in [2.45, 2.75) is 64.7 Å². The van der Waals surface area contributed by atoms with Crippen molar-refractivity contribution in [3.05, 3.63) is 47.2 Å². The minimum Gasteiger partial charge on any atom is -0.506 e. The Hall–Kier alpha value is -2.21. The molecule has 1 aliphatic carbocycles. The number of hydrogen-bond donors (Lipinski definition) is 1. The molecule has 0 radical (unpaired) electrons. The second-order valence-corrected chi connectivity index (χ2v) is 6.54. The van der Waals surface area contributed by atoms with Crippen molar-refractivity contribution in [3.8, 4) is 17.6 Å². The van der Waals surface area contributed by atoms with E-state index < -0.39 is 0 Å². The van der Waals surface area contributed by atoms with Crippen LogP contribution in [-0.2, 0) is 6.42 Å². The van der Waals surface area contributed by atoms with Crippen molar-refractivity contribution < 1.29 is 9.84 Å². The lowest BCUT2D eigenvalue weighted by Gasteiger charge is -2.24. The normalized spacial score (nSPS) is 17.0. The maximum atomic E-state index is 10.8. The highest BCUT2D eigenvalue weighted by molar-refractivity contribution is 5.61. The van der Waals surface area contributed by atoms with Gasteiger partial charge in [0.15, 0.2) is 0 Å². The van der Waals surface area contributed by atoms with Gasteiger partial charge in [0.05, 0.1) is 11.8 Å². The standard InChI is InChI=1S/C21H27NO2/c1-4-6-7-10-16-13-19(24-5-2)20(21(23)18(16)14-22)17-11-8-9-15(3)12-17/h5,12-13,17,23H,2,4,6-11H2,1,3H3/t17-/m0/s1. The molecule has 0 fully saturated rings. The summed E-state index contributed by atoms with van der Waals surface area (Å²) < 4.78 is 5.62. The van der Waals surface area contributed by atoms with Crippen LogP contribution in [0.1, 0.15) is 75.0 Å². The highest BCUT2D eigenvalue weighted by Gasteiger charge is 2.25. The van der Waals surface area contributed by atoms with Crippen molar-refractivity contribution in [2.24, 2.45) is 0 Å². The van der Waals surface area contributed by atoms with E-state index >= 15 is 0 Å². The molecular weight excluding hydrogens is 298 g/mol. The Labute approximate surface area is 145 Å². The van der Waals surface area contributed by atoms with Gasteiger partial charge >= 0.3 is 0 Å². The molecule has 24 heavy (non-hydrogen) atoms. The number of ether oxygens (including phenoxy) is 1. The first kappa shape index (κ1) is 18.1. The second-order valence-electron chi connectivity index (χ2n) is 6.54. The molecule has 0 aliphatic heterocycles. The van der Waals surface area contributed by atoms with Crippen LogP contribution in [-0.4, -0.2) is 5.11 Å². The van der Waals surface area contributed by atoms with Gasteiger partial charge in [-0.1, -0.05) is 38.0 Å².